The van der Waals surface area contributed by atoms with E-state index in [1.165, 1.54) is 152 Å². The third-order valence-corrected chi connectivity index (χ3v) is 10.5. The highest BCUT2D eigenvalue weighted by molar-refractivity contribution is 8.03. The van der Waals surface area contributed by atoms with Gasteiger partial charge in [0.2, 0.25) is 0 Å². The standard InChI is InChI=1S/C31H62O2S4/c32-31(33)24-18-12-6-5-11-17-23-30(37-28-22-16-10-4-2-8-14-20-26-35)29-36-27-21-15-9-3-1-7-13-19-25-34/h30,34-35H,1-29H2,(H,32,33). The lowest BCUT2D eigenvalue weighted by molar-refractivity contribution is -0.137. The van der Waals surface area contributed by atoms with Gasteiger partial charge in [0.25, 0.3) is 0 Å². The lowest BCUT2D eigenvalue weighted by Crippen LogP contribution is -2.08. The fourth-order valence-corrected chi connectivity index (χ4v) is 7.85. The molecule has 0 heterocycles. The molecule has 0 aromatic rings. The Balaban J connectivity index is 3.89. The van der Waals surface area contributed by atoms with Crippen molar-refractivity contribution < 1.29 is 9.90 Å². The molecule has 6 heteroatoms. The molecule has 0 aromatic heterocycles. The van der Waals surface area contributed by atoms with Gasteiger partial charge in [0, 0.05) is 17.4 Å². The predicted molar refractivity (Wildman–Crippen MR) is 180 cm³/mol. The van der Waals surface area contributed by atoms with Crippen molar-refractivity contribution in [3.8, 4) is 0 Å². The van der Waals surface area contributed by atoms with E-state index < -0.39 is 5.97 Å². The maximum absolute atomic E-state index is 10.6. The number of aliphatic carboxylic acids is 1. The van der Waals surface area contributed by atoms with Crippen molar-refractivity contribution >= 4 is 54.8 Å². The summed E-state index contributed by atoms with van der Waals surface area (Å²) in [5.41, 5.74) is 0. The van der Waals surface area contributed by atoms with Crippen molar-refractivity contribution in [1.82, 2.24) is 0 Å². The largest absolute Gasteiger partial charge is 0.481 e. The molecule has 0 amide bonds. The van der Waals surface area contributed by atoms with Gasteiger partial charge in [-0.1, -0.05) is 109 Å². The number of unbranched alkanes of at least 4 members (excludes halogenated alkanes) is 19. The Hall–Kier alpha value is 0.870. The minimum absolute atomic E-state index is 0.336. The molecule has 0 bridgehead atoms. The maximum atomic E-state index is 10.6. The Morgan fingerprint density at radius 3 is 1.43 bits per heavy atom. The summed E-state index contributed by atoms with van der Waals surface area (Å²) < 4.78 is 0. The van der Waals surface area contributed by atoms with E-state index in [1.807, 2.05) is 0 Å². The van der Waals surface area contributed by atoms with Crippen molar-refractivity contribution in [3.63, 3.8) is 0 Å². The normalized spacial score (nSPS) is 12.3. The zero-order chi connectivity index (χ0) is 27.1. The quantitative estimate of drug-likeness (QED) is 0.0535. The molecule has 1 unspecified atom stereocenters. The highest BCUT2D eigenvalue weighted by Crippen LogP contribution is 2.25. The predicted octanol–water partition coefficient (Wildman–Crippen LogP) is 11.1. The number of thiol groups is 2. The van der Waals surface area contributed by atoms with Gasteiger partial charge in [-0.3, -0.25) is 4.79 Å². The van der Waals surface area contributed by atoms with Gasteiger partial charge in [-0.2, -0.15) is 48.8 Å². The van der Waals surface area contributed by atoms with Gasteiger partial charge in [0.05, 0.1) is 0 Å². The SMILES string of the molecule is O=C(O)CCCCCCCCC(CSCCCCCCCCCCS)SCCCCCCCCCCS. The summed E-state index contributed by atoms with van der Waals surface area (Å²) in [6.45, 7) is 0. The second kappa shape index (κ2) is 33.1. The van der Waals surface area contributed by atoms with Crippen LogP contribution in [0.4, 0.5) is 0 Å². The minimum Gasteiger partial charge on any atom is -0.481 e. The van der Waals surface area contributed by atoms with Gasteiger partial charge in [0.15, 0.2) is 0 Å². The Labute approximate surface area is 251 Å². The molecule has 0 radical (unpaired) electrons. The molecule has 1 N–H and O–H groups in total. The molecular formula is C31H62O2S4. The zero-order valence-corrected chi connectivity index (χ0v) is 27.6. The van der Waals surface area contributed by atoms with Crippen molar-refractivity contribution in [1.29, 1.82) is 0 Å². The van der Waals surface area contributed by atoms with E-state index in [9.17, 15) is 4.79 Å². The number of carbonyl (C=O) groups is 1. The summed E-state index contributed by atoms with van der Waals surface area (Å²) in [4.78, 5) is 10.6. The van der Waals surface area contributed by atoms with E-state index in [-0.39, 0.29) is 0 Å². The van der Waals surface area contributed by atoms with Crippen LogP contribution in [-0.4, -0.2) is 45.1 Å². The fourth-order valence-electron chi connectivity index (χ4n) is 4.69. The minimum atomic E-state index is -0.651. The Bertz CT molecular complexity index is 451. The smallest absolute Gasteiger partial charge is 0.303 e. The second-order valence-corrected chi connectivity index (χ2v) is 14.2. The second-order valence-electron chi connectivity index (χ2n) is 10.7. The Morgan fingerprint density at radius 1 is 0.541 bits per heavy atom. The first-order valence-electron chi connectivity index (χ1n) is 15.8. The molecular weight excluding hydrogens is 533 g/mol. The molecule has 2 nitrogen and oxygen atoms in total. The zero-order valence-electron chi connectivity index (χ0n) is 24.1. The summed E-state index contributed by atoms with van der Waals surface area (Å²) >= 11 is 13.1. The average Bonchev–Trinajstić information content (AvgIpc) is 2.89. The van der Waals surface area contributed by atoms with Crippen LogP contribution in [-0.2, 0) is 4.79 Å². The van der Waals surface area contributed by atoms with E-state index >= 15 is 0 Å². The van der Waals surface area contributed by atoms with Crippen LogP contribution in [0.25, 0.3) is 0 Å². The number of carboxylic acids is 1. The van der Waals surface area contributed by atoms with E-state index in [0.29, 0.717) is 6.42 Å². The molecule has 37 heavy (non-hydrogen) atoms. The van der Waals surface area contributed by atoms with Crippen molar-refractivity contribution in [3.05, 3.63) is 0 Å². The van der Waals surface area contributed by atoms with E-state index in [4.69, 9.17) is 5.11 Å². The van der Waals surface area contributed by atoms with Gasteiger partial charge < -0.3 is 5.11 Å². The Kier molecular flexibility index (Phi) is 33.9. The first kappa shape index (κ1) is 37.9. The van der Waals surface area contributed by atoms with Gasteiger partial charge in [0.1, 0.15) is 0 Å². The first-order valence-corrected chi connectivity index (χ1v) is 19.3. The summed E-state index contributed by atoms with van der Waals surface area (Å²) in [5.74, 6) is 5.45. The van der Waals surface area contributed by atoms with Crippen molar-refractivity contribution in [2.24, 2.45) is 0 Å². The number of hydrogen-bond acceptors (Lipinski definition) is 5. The third-order valence-electron chi connectivity index (χ3n) is 7.07. The molecule has 0 spiro atoms. The molecule has 0 aliphatic rings. The van der Waals surface area contributed by atoms with Crippen molar-refractivity contribution in [2.45, 2.75) is 159 Å². The molecule has 0 aliphatic heterocycles. The van der Waals surface area contributed by atoms with Crippen LogP contribution in [0.3, 0.4) is 0 Å². The Morgan fingerprint density at radius 2 is 0.946 bits per heavy atom. The number of carboxylic acid groups (broad SMARTS) is 1. The summed E-state index contributed by atoms with van der Waals surface area (Å²) in [7, 11) is 0. The number of rotatable bonds is 32. The monoisotopic (exact) mass is 594 g/mol. The lowest BCUT2D eigenvalue weighted by Gasteiger charge is -2.16. The molecule has 0 saturated carbocycles. The molecule has 1 atom stereocenters. The van der Waals surface area contributed by atoms with Crippen LogP contribution < -0.4 is 0 Å². The van der Waals surface area contributed by atoms with Gasteiger partial charge in [-0.25, -0.2) is 0 Å². The molecule has 0 fully saturated rings. The van der Waals surface area contributed by atoms with Crippen molar-refractivity contribution in [2.75, 3.05) is 28.8 Å². The van der Waals surface area contributed by atoms with E-state index in [1.54, 1.807) is 0 Å². The van der Waals surface area contributed by atoms with Crippen LogP contribution in [0.1, 0.15) is 154 Å². The summed E-state index contributed by atoms with van der Waals surface area (Å²) in [5, 5.41) is 9.58. The van der Waals surface area contributed by atoms with Crippen LogP contribution in [0, 0.1) is 0 Å². The van der Waals surface area contributed by atoms with Gasteiger partial charge in [-0.15, -0.1) is 0 Å². The third kappa shape index (κ3) is 33.0. The summed E-state index contributed by atoms with van der Waals surface area (Å²) in [6.07, 6.45) is 30.9. The lowest BCUT2D eigenvalue weighted by atomic mass is 10.1. The highest BCUT2D eigenvalue weighted by atomic mass is 32.2. The maximum Gasteiger partial charge on any atom is 0.303 e. The van der Waals surface area contributed by atoms with Crippen LogP contribution in [0.5, 0.6) is 0 Å². The first-order chi connectivity index (χ1) is 18.2. The van der Waals surface area contributed by atoms with E-state index in [0.717, 1.165) is 29.6 Å². The van der Waals surface area contributed by atoms with Crippen LogP contribution in [0.15, 0.2) is 0 Å². The summed E-state index contributed by atoms with van der Waals surface area (Å²) in [6, 6.07) is 0. The molecule has 0 rings (SSSR count). The molecule has 222 valence electrons. The molecule has 0 saturated heterocycles. The highest BCUT2D eigenvalue weighted by Gasteiger charge is 2.10. The molecule has 0 aliphatic carbocycles. The topological polar surface area (TPSA) is 37.3 Å². The van der Waals surface area contributed by atoms with Crippen LogP contribution in [0.2, 0.25) is 0 Å². The average molecular weight is 595 g/mol. The number of hydrogen-bond donors (Lipinski definition) is 3. The number of thioether (sulfide) groups is 2. The van der Waals surface area contributed by atoms with E-state index in [2.05, 4.69) is 48.8 Å². The fraction of sp³-hybridized carbons (Fsp3) is 0.968. The van der Waals surface area contributed by atoms with Gasteiger partial charge >= 0.3 is 5.97 Å². The molecule has 0 aromatic carbocycles. The van der Waals surface area contributed by atoms with Gasteiger partial charge in [-0.05, 0) is 61.5 Å². The van der Waals surface area contributed by atoms with Crippen LogP contribution >= 0.6 is 48.8 Å².